The number of aromatic nitrogens is 2. The maximum Gasteiger partial charge on any atom is 0.229 e. The molecule has 1 saturated carbocycles. The van der Waals surface area contributed by atoms with Crippen molar-refractivity contribution in [2.45, 2.75) is 50.6 Å². The molecule has 146 valence electrons. The number of nitrogens with one attached hydrogen (secondary N) is 1. The monoisotopic (exact) mass is 384 g/mol. The number of hydrogen-bond acceptors (Lipinski definition) is 6. The van der Waals surface area contributed by atoms with Crippen LogP contribution < -0.4 is 10.1 Å². The first-order chi connectivity index (χ1) is 13.6. The van der Waals surface area contributed by atoms with E-state index in [0.29, 0.717) is 30.4 Å². The van der Waals surface area contributed by atoms with Gasteiger partial charge in [-0.25, -0.2) is 9.37 Å². The third kappa shape index (κ3) is 4.11. The summed E-state index contributed by atoms with van der Waals surface area (Å²) in [5.74, 6) is 0.894. The Bertz CT molecular complexity index is 850. The van der Waals surface area contributed by atoms with Crippen LogP contribution in [0, 0.1) is 5.82 Å². The molecular weight excluding hydrogens is 363 g/mol. The molecule has 1 aromatic carbocycles. The van der Waals surface area contributed by atoms with E-state index in [1.165, 1.54) is 29.2 Å². The number of imide groups is 1. The van der Waals surface area contributed by atoms with E-state index in [9.17, 15) is 14.0 Å². The maximum atomic E-state index is 13.0. The number of anilines is 1. The lowest BCUT2D eigenvalue weighted by Gasteiger charge is -2.33. The summed E-state index contributed by atoms with van der Waals surface area (Å²) in [7, 11) is 0. The molecule has 2 aromatic rings. The lowest BCUT2D eigenvalue weighted by atomic mass is 9.90. The van der Waals surface area contributed by atoms with Crippen LogP contribution in [-0.2, 0) is 9.59 Å². The van der Waals surface area contributed by atoms with Crippen LogP contribution in [0.1, 0.15) is 38.5 Å². The number of halogens is 1. The molecule has 1 aliphatic carbocycles. The highest BCUT2D eigenvalue weighted by molar-refractivity contribution is 6.02. The number of amides is 2. The molecule has 8 heteroatoms. The number of hydrogen-bond donors (Lipinski definition) is 1. The molecule has 1 aliphatic heterocycles. The molecule has 2 fully saturated rings. The van der Waals surface area contributed by atoms with Crippen molar-refractivity contribution in [3.05, 3.63) is 42.3 Å². The Morgan fingerprint density at radius 1 is 1.00 bits per heavy atom. The van der Waals surface area contributed by atoms with Gasteiger partial charge in [0, 0.05) is 37.2 Å². The smallest absolute Gasteiger partial charge is 0.229 e. The Hall–Kier alpha value is -3.03. The molecular formula is C20H21FN4O3. The molecule has 4 rings (SSSR count). The second kappa shape index (κ2) is 7.92. The van der Waals surface area contributed by atoms with Gasteiger partial charge in [0.2, 0.25) is 23.6 Å². The van der Waals surface area contributed by atoms with Crippen molar-refractivity contribution < 1.29 is 18.7 Å². The van der Waals surface area contributed by atoms with E-state index in [0.717, 1.165) is 25.7 Å². The van der Waals surface area contributed by atoms with E-state index >= 15 is 0 Å². The quantitative estimate of drug-likeness (QED) is 0.797. The highest BCUT2D eigenvalue weighted by Crippen LogP contribution is 2.29. The predicted molar refractivity (Wildman–Crippen MR) is 99.3 cm³/mol. The fourth-order valence-electron chi connectivity index (χ4n) is 3.75. The van der Waals surface area contributed by atoms with Crippen molar-refractivity contribution in [1.29, 1.82) is 0 Å². The molecule has 0 atom stereocenters. The second-order valence-electron chi connectivity index (χ2n) is 7.08. The topological polar surface area (TPSA) is 84.4 Å². The molecule has 7 nitrogen and oxygen atoms in total. The van der Waals surface area contributed by atoms with Crippen LogP contribution in [0.4, 0.5) is 10.3 Å². The minimum atomic E-state index is -0.328. The summed E-state index contributed by atoms with van der Waals surface area (Å²) in [4.78, 5) is 33.8. The minimum absolute atomic E-state index is 0.00890. The molecule has 2 aliphatic rings. The number of benzene rings is 1. The number of carbonyl (C=O) groups is 2. The Kier molecular flexibility index (Phi) is 5.18. The summed E-state index contributed by atoms with van der Waals surface area (Å²) < 4.78 is 18.6. The van der Waals surface area contributed by atoms with Gasteiger partial charge in [-0.15, -0.1) is 0 Å². The van der Waals surface area contributed by atoms with Crippen molar-refractivity contribution in [2.24, 2.45) is 0 Å². The lowest BCUT2D eigenvalue weighted by Crippen LogP contribution is -2.43. The molecule has 0 radical (unpaired) electrons. The summed E-state index contributed by atoms with van der Waals surface area (Å²) >= 11 is 0. The summed E-state index contributed by atoms with van der Waals surface area (Å²) in [6.07, 6.45) is 5.49. The summed E-state index contributed by atoms with van der Waals surface area (Å²) in [6.45, 7) is 0. The van der Waals surface area contributed by atoms with Gasteiger partial charge in [0.15, 0.2) is 0 Å². The van der Waals surface area contributed by atoms with Crippen molar-refractivity contribution >= 4 is 17.8 Å². The first-order valence-corrected chi connectivity index (χ1v) is 9.46. The SMILES string of the molecule is O=C1CCC(=O)N1C1CCC(Nc2nccc(Oc3ccc(F)cc3)n2)CC1. The maximum absolute atomic E-state index is 13.0. The molecule has 1 saturated heterocycles. The first-order valence-electron chi connectivity index (χ1n) is 9.46. The number of likely N-dealkylation sites (tertiary alicyclic amines) is 1. The largest absolute Gasteiger partial charge is 0.439 e. The highest BCUT2D eigenvalue weighted by Gasteiger charge is 2.36. The third-order valence-electron chi connectivity index (χ3n) is 5.15. The zero-order chi connectivity index (χ0) is 19.5. The highest BCUT2D eigenvalue weighted by atomic mass is 19.1. The minimum Gasteiger partial charge on any atom is -0.439 e. The summed E-state index contributed by atoms with van der Waals surface area (Å²) in [5.41, 5.74) is 0. The van der Waals surface area contributed by atoms with E-state index in [2.05, 4.69) is 15.3 Å². The van der Waals surface area contributed by atoms with E-state index in [4.69, 9.17) is 4.74 Å². The van der Waals surface area contributed by atoms with Crippen LogP contribution in [0.5, 0.6) is 11.6 Å². The van der Waals surface area contributed by atoms with Crippen molar-refractivity contribution in [3.63, 3.8) is 0 Å². The third-order valence-corrected chi connectivity index (χ3v) is 5.15. The van der Waals surface area contributed by atoms with Gasteiger partial charge in [-0.2, -0.15) is 4.98 Å². The van der Waals surface area contributed by atoms with Crippen molar-refractivity contribution in [3.8, 4) is 11.6 Å². The molecule has 2 heterocycles. The molecule has 1 N–H and O–H groups in total. The Morgan fingerprint density at radius 3 is 2.36 bits per heavy atom. The van der Waals surface area contributed by atoms with Gasteiger partial charge < -0.3 is 10.1 Å². The summed E-state index contributed by atoms with van der Waals surface area (Å²) in [5, 5.41) is 3.30. The second-order valence-corrected chi connectivity index (χ2v) is 7.08. The Labute approximate surface area is 161 Å². The number of carbonyl (C=O) groups excluding carboxylic acids is 2. The van der Waals surface area contributed by atoms with Gasteiger partial charge in [0.25, 0.3) is 0 Å². The van der Waals surface area contributed by atoms with E-state index in [-0.39, 0.29) is 29.7 Å². The van der Waals surface area contributed by atoms with Gasteiger partial charge in [-0.05, 0) is 49.9 Å². The predicted octanol–water partition coefficient (Wildman–Crippen LogP) is 3.28. The fraction of sp³-hybridized carbons (Fsp3) is 0.400. The van der Waals surface area contributed by atoms with Crippen molar-refractivity contribution in [2.75, 3.05) is 5.32 Å². The van der Waals surface area contributed by atoms with Crippen molar-refractivity contribution in [1.82, 2.24) is 14.9 Å². The normalized spacial score (nSPS) is 22.4. The Balaban J connectivity index is 1.33. The standard InChI is InChI=1S/C20H21FN4O3/c21-13-1-7-16(8-2-13)28-17-11-12-22-20(24-17)23-14-3-5-15(6-4-14)25-18(26)9-10-19(25)27/h1-2,7-8,11-12,14-15H,3-6,9-10H2,(H,22,23,24). The zero-order valence-corrected chi connectivity index (χ0v) is 15.3. The first kappa shape index (κ1) is 18.3. The summed E-state index contributed by atoms with van der Waals surface area (Å²) in [6, 6.07) is 7.53. The van der Waals surface area contributed by atoms with E-state index in [1.54, 1.807) is 12.3 Å². The number of nitrogens with zero attached hydrogens (tertiary/aromatic N) is 3. The van der Waals surface area contributed by atoms with Crippen LogP contribution in [0.2, 0.25) is 0 Å². The van der Waals surface area contributed by atoms with Crippen LogP contribution >= 0.6 is 0 Å². The fourth-order valence-corrected chi connectivity index (χ4v) is 3.75. The van der Waals surface area contributed by atoms with E-state index in [1.807, 2.05) is 0 Å². The average molecular weight is 384 g/mol. The molecule has 2 amide bonds. The van der Waals surface area contributed by atoms with Crippen LogP contribution in [0.3, 0.4) is 0 Å². The molecule has 0 spiro atoms. The van der Waals surface area contributed by atoms with E-state index < -0.39 is 0 Å². The van der Waals surface area contributed by atoms with Crippen LogP contribution in [-0.4, -0.2) is 38.8 Å². The average Bonchev–Trinajstić information content (AvgIpc) is 3.03. The number of ether oxygens (including phenoxy) is 1. The number of rotatable bonds is 5. The zero-order valence-electron chi connectivity index (χ0n) is 15.3. The van der Waals surface area contributed by atoms with Crippen LogP contribution in [0.15, 0.2) is 36.5 Å². The molecule has 0 bridgehead atoms. The van der Waals surface area contributed by atoms with Gasteiger partial charge in [-0.1, -0.05) is 0 Å². The van der Waals surface area contributed by atoms with Crippen LogP contribution in [0.25, 0.3) is 0 Å². The molecule has 0 unspecified atom stereocenters. The lowest BCUT2D eigenvalue weighted by molar-refractivity contribution is -0.141. The molecule has 28 heavy (non-hydrogen) atoms. The van der Waals surface area contributed by atoms with Gasteiger partial charge >= 0.3 is 0 Å². The van der Waals surface area contributed by atoms with Gasteiger partial charge in [0.1, 0.15) is 11.6 Å². The van der Waals surface area contributed by atoms with Gasteiger partial charge in [-0.3, -0.25) is 14.5 Å². The van der Waals surface area contributed by atoms with Gasteiger partial charge in [0.05, 0.1) is 0 Å². The Morgan fingerprint density at radius 2 is 1.68 bits per heavy atom. The molecule has 1 aromatic heterocycles.